The summed E-state index contributed by atoms with van der Waals surface area (Å²) < 4.78 is 32.5. The number of hydrogen-bond donors (Lipinski definition) is 2. The summed E-state index contributed by atoms with van der Waals surface area (Å²) in [5.74, 6) is -2.38. The van der Waals surface area contributed by atoms with Crippen LogP contribution in [-0.2, 0) is 4.79 Å². The molecule has 0 saturated heterocycles. The predicted octanol–water partition coefficient (Wildman–Crippen LogP) is 5.20. The monoisotopic (exact) mass is 378 g/mol. The van der Waals surface area contributed by atoms with Gasteiger partial charge in [-0.2, -0.15) is 0 Å². The number of H-pyrrole nitrogens is 1. The normalized spacial score (nSPS) is 11.9. The van der Waals surface area contributed by atoms with Crippen LogP contribution < -0.4 is 10.1 Å². The number of ether oxygens (including phenoxy) is 1. The summed E-state index contributed by atoms with van der Waals surface area (Å²) in [6.07, 6.45) is 0.780. The number of benzene rings is 3. The van der Waals surface area contributed by atoms with E-state index in [1.54, 1.807) is 30.3 Å². The average Bonchev–Trinajstić information content (AvgIpc) is 3.17. The van der Waals surface area contributed by atoms with Gasteiger partial charge in [-0.25, -0.2) is 8.78 Å². The summed E-state index contributed by atoms with van der Waals surface area (Å²) in [6.45, 7) is 0. The van der Waals surface area contributed by atoms with Gasteiger partial charge in [-0.15, -0.1) is 0 Å². The first-order valence-corrected chi connectivity index (χ1v) is 8.65. The second-order valence-corrected chi connectivity index (χ2v) is 6.25. The first-order chi connectivity index (χ1) is 13.6. The molecule has 2 N–H and O–H groups in total. The Morgan fingerprint density at radius 3 is 2.54 bits per heavy atom. The van der Waals surface area contributed by atoms with Crippen LogP contribution in [0.1, 0.15) is 11.7 Å². The van der Waals surface area contributed by atoms with Gasteiger partial charge >= 0.3 is 0 Å². The maximum atomic E-state index is 13.5. The van der Waals surface area contributed by atoms with Gasteiger partial charge in [-0.05, 0) is 36.4 Å². The number of fused-ring (bicyclic) bond motifs is 1. The zero-order chi connectivity index (χ0) is 19.5. The third-order valence-corrected chi connectivity index (χ3v) is 4.31. The van der Waals surface area contributed by atoms with Crippen LogP contribution in [0.4, 0.5) is 14.5 Å². The van der Waals surface area contributed by atoms with Gasteiger partial charge in [0.2, 0.25) is 6.10 Å². The number of hydrogen-bond acceptors (Lipinski definition) is 2. The summed E-state index contributed by atoms with van der Waals surface area (Å²) in [7, 11) is 0. The van der Waals surface area contributed by atoms with Crippen LogP contribution in [0.15, 0.2) is 79.0 Å². The largest absolute Gasteiger partial charge is 0.476 e. The molecule has 6 heteroatoms. The lowest BCUT2D eigenvalue weighted by molar-refractivity contribution is -0.123. The lowest BCUT2D eigenvalue weighted by Crippen LogP contribution is -2.25. The molecule has 28 heavy (non-hydrogen) atoms. The number of rotatable bonds is 5. The lowest BCUT2D eigenvalue weighted by atomic mass is 10.1. The SMILES string of the molecule is O=C(Nc1ccc2[nH]ccc2c1)[C@@H](Oc1ccc(F)c(F)c1)c1ccccc1. The number of halogens is 2. The minimum Gasteiger partial charge on any atom is -0.476 e. The maximum absolute atomic E-state index is 13.5. The fourth-order valence-electron chi connectivity index (χ4n) is 2.93. The zero-order valence-electron chi connectivity index (χ0n) is 14.7. The molecule has 0 bridgehead atoms. The molecule has 0 radical (unpaired) electrons. The van der Waals surface area contributed by atoms with E-state index in [-0.39, 0.29) is 5.75 Å². The molecular formula is C22H16F2N2O2. The Balaban J connectivity index is 1.62. The van der Waals surface area contributed by atoms with Crippen LogP contribution in [0.5, 0.6) is 5.75 Å². The highest BCUT2D eigenvalue weighted by Crippen LogP contribution is 2.26. The molecule has 0 unspecified atom stereocenters. The van der Waals surface area contributed by atoms with Crippen molar-refractivity contribution in [2.75, 3.05) is 5.32 Å². The first-order valence-electron chi connectivity index (χ1n) is 8.65. The number of carbonyl (C=O) groups is 1. The molecule has 140 valence electrons. The number of nitrogens with one attached hydrogen (secondary N) is 2. The Bertz CT molecular complexity index is 1130. The van der Waals surface area contributed by atoms with E-state index >= 15 is 0 Å². The highest BCUT2D eigenvalue weighted by molar-refractivity contribution is 5.97. The van der Waals surface area contributed by atoms with E-state index < -0.39 is 23.6 Å². The maximum Gasteiger partial charge on any atom is 0.270 e. The highest BCUT2D eigenvalue weighted by Gasteiger charge is 2.23. The molecule has 0 spiro atoms. The highest BCUT2D eigenvalue weighted by atomic mass is 19.2. The second-order valence-electron chi connectivity index (χ2n) is 6.25. The van der Waals surface area contributed by atoms with Crippen molar-refractivity contribution in [3.63, 3.8) is 0 Å². The summed E-state index contributed by atoms with van der Waals surface area (Å²) >= 11 is 0. The van der Waals surface area contributed by atoms with Crippen molar-refractivity contribution < 1.29 is 18.3 Å². The fraction of sp³-hybridized carbons (Fsp3) is 0.0455. The Hall–Kier alpha value is -3.67. The quantitative estimate of drug-likeness (QED) is 0.501. The zero-order valence-corrected chi connectivity index (χ0v) is 14.7. The number of anilines is 1. The first kappa shape index (κ1) is 17.7. The van der Waals surface area contributed by atoms with Crippen molar-refractivity contribution in [1.82, 2.24) is 4.98 Å². The van der Waals surface area contributed by atoms with Gasteiger partial charge in [0.1, 0.15) is 5.75 Å². The van der Waals surface area contributed by atoms with Crippen LogP contribution in [0, 0.1) is 11.6 Å². The van der Waals surface area contributed by atoms with Gasteiger partial charge in [0.15, 0.2) is 11.6 Å². The number of aromatic nitrogens is 1. The van der Waals surface area contributed by atoms with Gasteiger partial charge in [0, 0.05) is 34.4 Å². The molecule has 0 aliphatic carbocycles. The number of carbonyl (C=O) groups excluding carboxylic acids is 1. The van der Waals surface area contributed by atoms with Crippen molar-refractivity contribution in [3.05, 3.63) is 96.2 Å². The smallest absolute Gasteiger partial charge is 0.270 e. The summed E-state index contributed by atoms with van der Waals surface area (Å²) in [5.41, 5.74) is 2.15. The van der Waals surface area contributed by atoms with E-state index in [1.165, 1.54) is 6.07 Å². The van der Waals surface area contributed by atoms with Gasteiger partial charge in [0.25, 0.3) is 5.91 Å². The summed E-state index contributed by atoms with van der Waals surface area (Å²) in [4.78, 5) is 16.0. The van der Waals surface area contributed by atoms with Crippen molar-refractivity contribution in [3.8, 4) is 5.75 Å². The molecule has 0 fully saturated rings. The van der Waals surface area contributed by atoms with Crippen molar-refractivity contribution in [1.29, 1.82) is 0 Å². The molecular weight excluding hydrogens is 362 g/mol. The van der Waals surface area contributed by atoms with E-state index in [2.05, 4.69) is 10.3 Å². The topological polar surface area (TPSA) is 54.1 Å². The molecule has 3 aromatic carbocycles. The molecule has 0 aliphatic heterocycles. The minimum absolute atomic E-state index is 0.0592. The van der Waals surface area contributed by atoms with Crippen molar-refractivity contribution >= 4 is 22.5 Å². The van der Waals surface area contributed by atoms with E-state index in [4.69, 9.17) is 4.74 Å². The van der Waals surface area contributed by atoms with Gasteiger partial charge in [-0.1, -0.05) is 30.3 Å². The number of aromatic amines is 1. The van der Waals surface area contributed by atoms with Gasteiger partial charge < -0.3 is 15.0 Å². The Morgan fingerprint density at radius 1 is 0.929 bits per heavy atom. The molecule has 4 nitrogen and oxygen atoms in total. The molecule has 1 aromatic heterocycles. The van der Waals surface area contributed by atoms with Gasteiger partial charge in [-0.3, -0.25) is 4.79 Å². The third-order valence-electron chi connectivity index (χ3n) is 4.31. The summed E-state index contributed by atoms with van der Waals surface area (Å²) in [6, 6.07) is 19.4. The Labute approximate surface area is 159 Å². The molecule has 1 amide bonds. The molecule has 1 atom stereocenters. The molecule has 0 aliphatic rings. The molecule has 1 heterocycles. The molecule has 0 saturated carbocycles. The van der Waals surface area contributed by atoms with Crippen molar-refractivity contribution in [2.45, 2.75) is 6.10 Å². The van der Waals surface area contributed by atoms with Gasteiger partial charge in [0.05, 0.1) is 0 Å². The van der Waals surface area contributed by atoms with Crippen LogP contribution >= 0.6 is 0 Å². The Morgan fingerprint density at radius 2 is 1.75 bits per heavy atom. The summed E-state index contributed by atoms with van der Waals surface area (Å²) in [5, 5.41) is 3.78. The third kappa shape index (κ3) is 3.71. The van der Waals surface area contributed by atoms with E-state index in [1.807, 2.05) is 30.5 Å². The standard InChI is InChI=1S/C22H16F2N2O2/c23-18-8-7-17(13-19(18)24)28-21(14-4-2-1-3-5-14)22(27)26-16-6-9-20-15(12-16)10-11-25-20/h1-13,21,25H,(H,26,27)/t21-/m0/s1. The van der Waals surface area contributed by atoms with E-state index in [9.17, 15) is 13.6 Å². The Kier molecular flexibility index (Phi) is 4.76. The van der Waals surface area contributed by atoms with Crippen LogP contribution in [0.3, 0.4) is 0 Å². The lowest BCUT2D eigenvalue weighted by Gasteiger charge is -2.19. The fourth-order valence-corrected chi connectivity index (χ4v) is 2.93. The molecule has 4 aromatic rings. The minimum atomic E-state index is -1.04. The second kappa shape index (κ2) is 7.52. The van der Waals surface area contributed by atoms with Crippen LogP contribution in [-0.4, -0.2) is 10.9 Å². The van der Waals surface area contributed by atoms with Crippen LogP contribution in [0.25, 0.3) is 10.9 Å². The average molecular weight is 378 g/mol. The number of amides is 1. The van der Waals surface area contributed by atoms with E-state index in [0.717, 1.165) is 23.0 Å². The van der Waals surface area contributed by atoms with Crippen molar-refractivity contribution in [2.24, 2.45) is 0 Å². The molecule has 4 rings (SSSR count). The van der Waals surface area contributed by atoms with E-state index in [0.29, 0.717) is 11.3 Å². The predicted molar refractivity (Wildman–Crippen MR) is 103 cm³/mol. The van der Waals surface area contributed by atoms with Crippen LogP contribution in [0.2, 0.25) is 0 Å².